The second kappa shape index (κ2) is 9.26. The van der Waals surface area contributed by atoms with Crippen LogP contribution < -0.4 is 10.6 Å². The Balaban J connectivity index is 2.83. The van der Waals surface area contributed by atoms with E-state index in [9.17, 15) is 24.3 Å². The molecule has 136 valence electrons. The summed E-state index contributed by atoms with van der Waals surface area (Å²) in [7, 11) is 0. The lowest BCUT2D eigenvalue weighted by molar-refractivity contribution is -0.149. The van der Waals surface area contributed by atoms with E-state index in [1.54, 1.807) is 12.1 Å². The van der Waals surface area contributed by atoms with E-state index in [2.05, 4.69) is 15.4 Å². The molecular formula is C16H20N2O7. The standard InChI is InChI=1S/C16H20N2O7/c1-9(19)17-13(7-11-3-5-12(21)6-4-11)15(22)18-14(16(23)24)8-25-10(2)20/h3-6,13-14,21H,7-8H2,1-2H3,(H,17,19)(H,18,22)(H,23,24)/t13-,14-/m0/s1. The number of carboxylic acids is 1. The average molecular weight is 352 g/mol. The summed E-state index contributed by atoms with van der Waals surface area (Å²) in [4.78, 5) is 45.6. The molecule has 0 aromatic heterocycles. The summed E-state index contributed by atoms with van der Waals surface area (Å²) in [5, 5.41) is 23.0. The molecule has 2 atom stereocenters. The van der Waals surface area contributed by atoms with Crippen molar-refractivity contribution in [1.82, 2.24) is 10.6 Å². The van der Waals surface area contributed by atoms with Crippen LogP contribution in [0.5, 0.6) is 5.75 Å². The van der Waals surface area contributed by atoms with Crippen LogP contribution in [0.1, 0.15) is 19.4 Å². The van der Waals surface area contributed by atoms with Crippen molar-refractivity contribution in [2.45, 2.75) is 32.4 Å². The number of rotatable bonds is 8. The van der Waals surface area contributed by atoms with Crippen molar-refractivity contribution in [1.29, 1.82) is 0 Å². The number of carboxylic acid groups (broad SMARTS) is 1. The molecule has 1 rings (SSSR count). The van der Waals surface area contributed by atoms with Crippen LogP contribution in [-0.4, -0.2) is 52.7 Å². The number of esters is 1. The highest BCUT2D eigenvalue weighted by Crippen LogP contribution is 2.11. The van der Waals surface area contributed by atoms with Crippen molar-refractivity contribution in [2.24, 2.45) is 0 Å². The number of aromatic hydroxyl groups is 1. The van der Waals surface area contributed by atoms with Gasteiger partial charge in [0.15, 0.2) is 6.04 Å². The Morgan fingerprint density at radius 1 is 1.04 bits per heavy atom. The van der Waals surface area contributed by atoms with Gasteiger partial charge in [-0.25, -0.2) is 4.79 Å². The number of amides is 2. The van der Waals surface area contributed by atoms with E-state index in [0.717, 1.165) is 6.92 Å². The SMILES string of the molecule is CC(=O)N[C@@H](Cc1ccc(O)cc1)C(=O)N[C@@H](COC(C)=O)C(=O)O. The third-order valence-electron chi connectivity index (χ3n) is 3.14. The van der Waals surface area contributed by atoms with Crippen molar-refractivity contribution in [3.05, 3.63) is 29.8 Å². The molecule has 9 heteroatoms. The quantitative estimate of drug-likeness (QED) is 0.465. The van der Waals surface area contributed by atoms with Gasteiger partial charge in [0.05, 0.1) is 0 Å². The third-order valence-corrected chi connectivity index (χ3v) is 3.14. The maximum atomic E-state index is 12.3. The first kappa shape index (κ1) is 19.9. The second-order valence-corrected chi connectivity index (χ2v) is 5.33. The minimum absolute atomic E-state index is 0.0524. The summed E-state index contributed by atoms with van der Waals surface area (Å²) in [5.74, 6) is -3.20. The van der Waals surface area contributed by atoms with Gasteiger partial charge in [0, 0.05) is 20.3 Å². The van der Waals surface area contributed by atoms with Crippen LogP contribution in [0, 0.1) is 0 Å². The van der Waals surface area contributed by atoms with Crippen molar-refractivity contribution < 1.29 is 34.1 Å². The fourth-order valence-corrected chi connectivity index (χ4v) is 1.97. The molecule has 9 nitrogen and oxygen atoms in total. The van der Waals surface area contributed by atoms with Crippen LogP contribution in [0.4, 0.5) is 0 Å². The third kappa shape index (κ3) is 7.34. The summed E-state index contributed by atoms with van der Waals surface area (Å²) in [6, 6.07) is 3.54. The largest absolute Gasteiger partial charge is 0.508 e. The minimum atomic E-state index is -1.44. The molecule has 0 saturated heterocycles. The Bertz CT molecular complexity index is 642. The Morgan fingerprint density at radius 3 is 2.12 bits per heavy atom. The van der Waals surface area contributed by atoms with Gasteiger partial charge < -0.3 is 25.6 Å². The predicted molar refractivity (Wildman–Crippen MR) is 85.6 cm³/mol. The summed E-state index contributed by atoms with van der Waals surface area (Å²) in [5.41, 5.74) is 0.651. The molecule has 0 saturated carbocycles. The number of ether oxygens (including phenoxy) is 1. The monoisotopic (exact) mass is 352 g/mol. The van der Waals surface area contributed by atoms with Gasteiger partial charge in [0.1, 0.15) is 18.4 Å². The maximum absolute atomic E-state index is 12.3. The van der Waals surface area contributed by atoms with Gasteiger partial charge in [0.25, 0.3) is 0 Å². The summed E-state index contributed by atoms with van der Waals surface area (Å²) < 4.78 is 4.61. The number of phenols is 1. The first-order chi connectivity index (χ1) is 11.7. The molecule has 2 amide bonds. The zero-order chi connectivity index (χ0) is 19.0. The Morgan fingerprint density at radius 2 is 1.64 bits per heavy atom. The van der Waals surface area contributed by atoms with Crippen LogP contribution in [0.25, 0.3) is 0 Å². The highest BCUT2D eigenvalue weighted by molar-refractivity contribution is 5.90. The number of aliphatic carboxylic acids is 1. The number of carbonyl (C=O) groups excluding carboxylic acids is 3. The smallest absolute Gasteiger partial charge is 0.329 e. The average Bonchev–Trinajstić information content (AvgIpc) is 2.51. The minimum Gasteiger partial charge on any atom is -0.508 e. The Kier molecular flexibility index (Phi) is 7.39. The molecule has 0 spiro atoms. The number of hydrogen-bond donors (Lipinski definition) is 4. The molecule has 0 bridgehead atoms. The van der Waals surface area contributed by atoms with Crippen molar-refractivity contribution in [3.63, 3.8) is 0 Å². The van der Waals surface area contributed by atoms with Gasteiger partial charge in [-0.3, -0.25) is 14.4 Å². The number of benzene rings is 1. The molecule has 1 aromatic carbocycles. The lowest BCUT2D eigenvalue weighted by Gasteiger charge is -2.21. The highest BCUT2D eigenvalue weighted by atomic mass is 16.5. The van der Waals surface area contributed by atoms with E-state index in [1.165, 1.54) is 19.1 Å². The topological polar surface area (TPSA) is 142 Å². The molecule has 0 aliphatic rings. The molecule has 0 aliphatic heterocycles. The lowest BCUT2D eigenvalue weighted by atomic mass is 10.0. The normalized spacial score (nSPS) is 12.6. The molecule has 0 heterocycles. The number of carbonyl (C=O) groups is 4. The molecule has 1 aromatic rings. The van der Waals surface area contributed by atoms with Crippen molar-refractivity contribution in [3.8, 4) is 5.75 Å². The van der Waals surface area contributed by atoms with Crippen LogP contribution >= 0.6 is 0 Å². The molecule has 0 unspecified atom stereocenters. The van der Waals surface area contributed by atoms with Crippen molar-refractivity contribution in [2.75, 3.05) is 6.61 Å². The fourth-order valence-electron chi connectivity index (χ4n) is 1.97. The molecule has 4 N–H and O–H groups in total. The van der Waals surface area contributed by atoms with Gasteiger partial charge in [-0.15, -0.1) is 0 Å². The number of hydrogen-bond acceptors (Lipinski definition) is 6. The predicted octanol–water partition coefficient (Wildman–Crippen LogP) is -0.428. The van der Waals surface area contributed by atoms with Crippen molar-refractivity contribution >= 4 is 23.8 Å². The van der Waals surface area contributed by atoms with Crippen LogP contribution in [0.3, 0.4) is 0 Å². The van der Waals surface area contributed by atoms with Gasteiger partial charge in [-0.05, 0) is 17.7 Å². The number of phenolic OH excluding ortho intramolecular Hbond substituents is 1. The highest BCUT2D eigenvalue weighted by Gasteiger charge is 2.27. The first-order valence-electron chi connectivity index (χ1n) is 7.40. The molecule has 0 fully saturated rings. The summed E-state index contributed by atoms with van der Waals surface area (Å²) in [6.07, 6.45) is 0.0889. The Hall–Kier alpha value is -3.10. The van der Waals surface area contributed by atoms with E-state index in [1.807, 2.05) is 0 Å². The summed E-state index contributed by atoms with van der Waals surface area (Å²) >= 11 is 0. The number of nitrogens with one attached hydrogen (secondary N) is 2. The van der Waals surface area contributed by atoms with E-state index >= 15 is 0 Å². The van der Waals surface area contributed by atoms with Gasteiger partial charge in [0.2, 0.25) is 11.8 Å². The molecular weight excluding hydrogens is 332 g/mol. The van der Waals surface area contributed by atoms with Crippen LogP contribution in [-0.2, 0) is 30.3 Å². The van der Waals surface area contributed by atoms with Crippen LogP contribution in [0.2, 0.25) is 0 Å². The molecule has 0 radical (unpaired) electrons. The van der Waals surface area contributed by atoms with E-state index in [0.29, 0.717) is 5.56 Å². The second-order valence-electron chi connectivity index (χ2n) is 5.33. The van der Waals surface area contributed by atoms with E-state index < -0.39 is 42.4 Å². The zero-order valence-electron chi connectivity index (χ0n) is 13.8. The summed E-state index contributed by atoms with van der Waals surface area (Å²) in [6.45, 7) is 1.82. The zero-order valence-corrected chi connectivity index (χ0v) is 13.8. The van der Waals surface area contributed by atoms with Gasteiger partial charge in [-0.1, -0.05) is 12.1 Å². The molecule has 25 heavy (non-hydrogen) atoms. The van der Waals surface area contributed by atoms with Gasteiger partial charge >= 0.3 is 11.9 Å². The van der Waals surface area contributed by atoms with Crippen LogP contribution in [0.15, 0.2) is 24.3 Å². The van der Waals surface area contributed by atoms with E-state index in [4.69, 9.17) is 5.11 Å². The molecule has 0 aliphatic carbocycles. The van der Waals surface area contributed by atoms with Gasteiger partial charge in [-0.2, -0.15) is 0 Å². The Labute approximate surface area is 144 Å². The fraction of sp³-hybridized carbons (Fsp3) is 0.375. The van der Waals surface area contributed by atoms with E-state index in [-0.39, 0.29) is 12.2 Å². The lowest BCUT2D eigenvalue weighted by Crippen LogP contribution is -2.53. The first-order valence-corrected chi connectivity index (χ1v) is 7.40. The maximum Gasteiger partial charge on any atom is 0.329 e.